The SMILES string of the molecule is O=C(Cn1cccc1-c1nc(-c2cccc(Cl)c2)no1)Nc1ccc(F)cc1Cl. The predicted octanol–water partition coefficient (Wildman–Crippen LogP) is 5.29. The van der Waals surface area contributed by atoms with Gasteiger partial charge >= 0.3 is 0 Å². The lowest BCUT2D eigenvalue weighted by atomic mass is 10.2. The molecule has 29 heavy (non-hydrogen) atoms. The van der Waals surface area contributed by atoms with Gasteiger partial charge in [0, 0.05) is 16.8 Å². The zero-order chi connectivity index (χ0) is 20.4. The Morgan fingerprint density at radius 3 is 2.79 bits per heavy atom. The summed E-state index contributed by atoms with van der Waals surface area (Å²) in [5, 5.41) is 7.31. The maximum Gasteiger partial charge on any atom is 0.274 e. The quantitative estimate of drug-likeness (QED) is 0.466. The van der Waals surface area contributed by atoms with E-state index in [9.17, 15) is 9.18 Å². The summed E-state index contributed by atoms with van der Waals surface area (Å²) in [6, 6.07) is 14.4. The summed E-state index contributed by atoms with van der Waals surface area (Å²) >= 11 is 12.0. The third-order valence-corrected chi connectivity index (χ3v) is 4.62. The monoisotopic (exact) mass is 430 g/mol. The summed E-state index contributed by atoms with van der Waals surface area (Å²) in [4.78, 5) is 16.8. The lowest BCUT2D eigenvalue weighted by Gasteiger charge is -2.09. The van der Waals surface area contributed by atoms with Crippen molar-refractivity contribution < 1.29 is 13.7 Å². The molecule has 2 heterocycles. The molecule has 2 aromatic carbocycles. The van der Waals surface area contributed by atoms with Gasteiger partial charge in [-0.2, -0.15) is 4.98 Å². The minimum atomic E-state index is -0.479. The minimum Gasteiger partial charge on any atom is -0.334 e. The zero-order valence-corrected chi connectivity index (χ0v) is 16.3. The fraction of sp³-hybridized carbons (Fsp3) is 0.0500. The van der Waals surface area contributed by atoms with Gasteiger partial charge in [-0.3, -0.25) is 4.79 Å². The molecule has 0 saturated carbocycles. The van der Waals surface area contributed by atoms with Crippen LogP contribution < -0.4 is 5.32 Å². The number of carbonyl (C=O) groups excluding carboxylic acids is 1. The molecule has 0 spiro atoms. The normalized spacial score (nSPS) is 10.9. The molecular weight excluding hydrogens is 418 g/mol. The topological polar surface area (TPSA) is 73.0 Å². The molecule has 0 unspecified atom stereocenters. The number of anilines is 1. The van der Waals surface area contributed by atoms with Crippen LogP contribution in [0.5, 0.6) is 0 Å². The second kappa shape index (κ2) is 8.06. The van der Waals surface area contributed by atoms with Gasteiger partial charge in [0.15, 0.2) is 0 Å². The molecule has 0 aliphatic heterocycles. The zero-order valence-electron chi connectivity index (χ0n) is 14.8. The van der Waals surface area contributed by atoms with Crippen LogP contribution in [0.3, 0.4) is 0 Å². The van der Waals surface area contributed by atoms with Gasteiger partial charge < -0.3 is 14.4 Å². The number of carbonyl (C=O) groups is 1. The fourth-order valence-corrected chi connectivity index (χ4v) is 3.16. The van der Waals surface area contributed by atoms with E-state index in [1.807, 2.05) is 6.07 Å². The van der Waals surface area contributed by atoms with E-state index in [2.05, 4.69) is 15.5 Å². The highest BCUT2D eigenvalue weighted by Crippen LogP contribution is 2.25. The van der Waals surface area contributed by atoms with Crippen LogP contribution in [0.1, 0.15) is 0 Å². The van der Waals surface area contributed by atoms with Gasteiger partial charge in [-0.15, -0.1) is 0 Å². The molecule has 0 bridgehead atoms. The molecule has 1 N–H and O–H groups in total. The van der Waals surface area contributed by atoms with E-state index in [1.165, 1.54) is 12.1 Å². The van der Waals surface area contributed by atoms with Gasteiger partial charge in [0.2, 0.25) is 11.7 Å². The number of nitrogens with one attached hydrogen (secondary N) is 1. The van der Waals surface area contributed by atoms with Gasteiger partial charge in [-0.05, 0) is 42.5 Å². The molecule has 0 atom stereocenters. The molecule has 0 radical (unpaired) electrons. The van der Waals surface area contributed by atoms with Crippen LogP contribution in [0.25, 0.3) is 23.0 Å². The average molecular weight is 431 g/mol. The van der Waals surface area contributed by atoms with Crippen molar-refractivity contribution in [1.82, 2.24) is 14.7 Å². The standard InChI is InChI=1S/C20H13Cl2FN4O2/c21-13-4-1-3-12(9-13)19-25-20(29-26-19)17-5-2-8-27(17)11-18(28)24-16-7-6-14(23)10-15(16)22/h1-10H,11H2,(H,24,28). The summed E-state index contributed by atoms with van der Waals surface area (Å²) in [5.41, 5.74) is 1.62. The Kier molecular flexibility index (Phi) is 5.33. The van der Waals surface area contributed by atoms with Crippen LogP contribution in [-0.2, 0) is 11.3 Å². The van der Waals surface area contributed by atoms with Crippen molar-refractivity contribution >= 4 is 34.8 Å². The Hall–Kier alpha value is -3.16. The van der Waals surface area contributed by atoms with Gasteiger partial charge in [-0.1, -0.05) is 40.5 Å². The first-order valence-electron chi connectivity index (χ1n) is 8.49. The fourth-order valence-electron chi connectivity index (χ4n) is 2.75. The van der Waals surface area contributed by atoms with Gasteiger partial charge in [-0.25, -0.2) is 4.39 Å². The Morgan fingerprint density at radius 2 is 2.00 bits per heavy atom. The smallest absolute Gasteiger partial charge is 0.274 e. The number of halogens is 3. The van der Waals surface area contributed by atoms with Crippen LogP contribution in [0.4, 0.5) is 10.1 Å². The molecule has 0 aliphatic carbocycles. The number of aromatic nitrogens is 3. The largest absolute Gasteiger partial charge is 0.334 e. The maximum absolute atomic E-state index is 13.1. The van der Waals surface area contributed by atoms with Crippen molar-refractivity contribution in [3.05, 3.63) is 76.7 Å². The number of hydrogen-bond donors (Lipinski definition) is 1. The van der Waals surface area contributed by atoms with E-state index in [0.717, 1.165) is 6.07 Å². The summed E-state index contributed by atoms with van der Waals surface area (Å²) in [7, 11) is 0. The lowest BCUT2D eigenvalue weighted by Crippen LogP contribution is -2.19. The molecule has 0 aliphatic rings. The predicted molar refractivity (Wildman–Crippen MR) is 108 cm³/mol. The number of hydrogen-bond acceptors (Lipinski definition) is 4. The van der Waals surface area contributed by atoms with Crippen LogP contribution in [0.2, 0.25) is 10.0 Å². The highest BCUT2D eigenvalue weighted by atomic mass is 35.5. The van der Waals surface area contributed by atoms with Crippen molar-refractivity contribution in [3.8, 4) is 23.0 Å². The van der Waals surface area contributed by atoms with Crippen molar-refractivity contribution in [2.45, 2.75) is 6.54 Å². The van der Waals surface area contributed by atoms with E-state index in [-0.39, 0.29) is 23.4 Å². The average Bonchev–Trinajstić information content (AvgIpc) is 3.33. The Balaban J connectivity index is 1.52. The van der Waals surface area contributed by atoms with Crippen molar-refractivity contribution in [2.24, 2.45) is 0 Å². The van der Waals surface area contributed by atoms with E-state index < -0.39 is 5.82 Å². The first-order valence-corrected chi connectivity index (χ1v) is 9.25. The van der Waals surface area contributed by atoms with Crippen molar-refractivity contribution in [2.75, 3.05) is 5.32 Å². The van der Waals surface area contributed by atoms with Gasteiger partial charge in [0.05, 0.1) is 10.7 Å². The van der Waals surface area contributed by atoms with Gasteiger partial charge in [0.25, 0.3) is 5.89 Å². The molecule has 4 aromatic rings. The van der Waals surface area contributed by atoms with Crippen LogP contribution in [0.15, 0.2) is 65.3 Å². The second-order valence-electron chi connectivity index (χ2n) is 6.13. The van der Waals surface area contributed by atoms with Crippen LogP contribution in [-0.4, -0.2) is 20.6 Å². The Bertz CT molecular complexity index is 1190. The van der Waals surface area contributed by atoms with Crippen molar-refractivity contribution in [1.29, 1.82) is 0 Å². The number of rotatable bonds is 5. The number of amides is 1. The molecule has 0 saturated heterocycles. The summed E-state index contributed by atoms with van der Waals surface area (Å²) in [5.74, 6) is -0.173. The first kappa shape index (κ1) is 19.2. The van der Waals surface area contributed by atoms with Crippen LogP contribution >= 0.6 is 23.2 Å². The van der Waals surface area contributed by atoms with Crippen LogP contribution in [0, 0.1) is 5.82 Å². The van der Waals surface area contributed by atoms with Gasteiger partial charge in [0.1, 0.15) is 18.1 Å². The number of nitrogens with zero attached hydrogens (tertiary/aromatic N) is 3. The highest BCUT2D eigenvalue weighted by Gasteiger charge is 2.16. The second-order valence-corrected chi connectivity index (χ2v) is 6.97. The molecule has 9 heteroatoms. The lowest BCUT2D eigenvalue weighted by molar-refractivity contribution is -0.116. The van der Waals surface area contributed by atoms with E-state index in [4.69, 9.17) is 27.7 Å². The van der Waals surface area contributed by atoms with Crippen molar-refractivity contribution in [3.63, 3.8) is 0 Å². The first-order chi connectivity index (χ1) is 14.0. The number of benzene rings is 2. The third kappa shape index (κ3) is 4.31. The molecule has 2 aromatic heterocycles. The molecular formula is C20H13Cl2FN4O2. The van der Waals surface area contributed by atoms with E-state index in [1.54, 1.807) is 41.1 Å². The summed E-state index contributed by atoms with van der Waals surface area (Å²) in [6.45, 7) is -0.0229. The van der Waals surface area contributed by atoms with E-state index in [0.29, 0.717) is 27.8 Å². The maximum atomic E-state index is 13.1. The summed E-state index contributed by atoms with van der Waals surface area (Å²) < 4.78 is 20.2. The van der Waals surface area contributed by atoms with E-state index >= 15 is 0 Å². The minimum absolute atomic E-state index is 0.0229. The highest BCUT2D eigenvalue weighted by molar-refractivity contribution is 6.33. The molecule has 4 rings (SSSR count). The Labute approximate surface area is 174 Å². The molecule has 146 valence electrons. The molecule has 6 nitrogen and oxygen atoms in total. The Morgan fingerprint density at radius 1 is 1.14 bits per heavy atom. The third-order valence-electron chi connectivity index (χ3n) is 4.08. The molecule has 1 amide bonds. The molecule has 0 fully saturated rings. The summed E-state index contributed by atoms with van der Waals surface area (Å²) in [6.07, 6.45) is 1.71.